The highest BCUT2D eigenvalue weighted by Gasteiger charge is 2.29. The van der Waals surface area contributed by atoms with Crippen LogP contribution in [-0.2, 0) is 13.1 Å². The smallest absolute Gasteiger partial charge is 0.267 e. The van der Waals surface area contributed by atoms with Gasteiger partial charge in [-0.1, -0.05) is 54.1 Å². The van der Waals surface area contributed by atoms with E-state index in [1.165, 1.54) is 0 Å². The Morgan fingerprint density at radius 1 is 0.976 bits per heavy atom. The van der Waals surface area contributed by atoms with Crippen molar-refractivity contribution in [2.24, 2.45) is 0 Å². The number of para-hydroxylation sites is 1. The summed E-state index contributed by atoms with van der Waals surface area (Å²) < 4.78 is 7.73. The summed E-state index contributed by atoms with van der Waals surface area (Å²) in [5.41, 5.74) is 6.44. The first kappa shape index (κ1) is 28.5. The van der Waals surface area contributed by atoms with E-state index < -0.39 is 0 Å². The molecule has 0 saturated heterocycles. The van der Waals surface area contributed by atoms with Gasteiger partial charge in [0.1, 0.15) is 11.4 Å². The van der Waals surface area contributed by atoms with Crippen LogP contribution in [0.2, 0.25) is 5.02 Å². The normalized spacial score (nSPS) is 12.5. The van der Waals surface area contributed by atoms with Gasteiger partial charge in [-0.3, -0.25) is 9.59 Å². The molecule has 1 aliphatic rings. The standard InChI is InChI=1S/C33H35ClN4O3/c1-22-10-5-7-12-25(22)26-19-31(41-4)27(18-28(26)34)33(40)38-21-24-14-15-30(32(39)35-16-9-17-36(2)3)37(24)20-23-11-6-8-13-29(23)38/h5-8,10-15,18-19H,9,16-17,20-21H2,1-4H3,(H,35,39). The Morgan fingerprint density at radius 2 is 1.73 bits per heavy atom. The first-order valence-corrected chi connectivity index (χ1v) is 14.1. The van der Waals surface area contributed by atoms with Crippen molar-refractivity contribution in [3.8, 4) is 16.9 Å². The van der Waals surface area contributed by atoms with Crippen LogP contribution >= 0.6 is 11.6 Å². The number of carbonyl (C=O) groups excluding carboxylic acids is 2. The third-order valence-electron chi connectivity index (χ3n) is 7.50. The van der Waals surface area contributed by atoms with E-state index >= 15 is 0 Å². The molecule has 0 unspecified atom stereocenters. The topological polar surface area (TPSA) is 66.8 Å². The van der Waals surface area contributed by atoms with Crippen molar-refractivity contribution in [3.05, 3.63) is 106 Å². The fourth-order valence-electron chi connectivity index (χ4n) is 5.34. The second-order valence-corrected chi connectivity index (χ2v) is 11.0. The van der Waals surface area contributed by atoms with Gasteiger partial charge in [0, 0.05) is 28.5 Å². The summed E-state index contributed by atoms with van der Waals surface area (Å²) in [7, 11) is 5.59. The maximum absolute atomic E-state index is 14.2. The Kier molecular flexibility index (Phi) is 8.47. The molecule has 0 spiro atoms. The zero-order valence-electron chi connectivity index (χ0n) is 23.9. The Balaban J connectivity index is 1.49. The lowest BCUT2D eigenvalue weighted by molar-refractivity contribution is 0.0942. The van der Waals surface area contributed by atoms with Gasteiger partial charge in [0.05, 0.1) is 25.8 Å². The minimum atomic E-state index is -0.225. The molecule has 41 heavy (non-hydrogen) atoms. The monoisotopic (exact) mass is 570 g/mol. The predicted octanol–water partition coefficient (Wildman–Crippen LogP) is 6.02. The zero-order chi connectivity index (χ0) is 29.1. The summed E-state index contributed by atoms with van der Waals surface area (Å²) in [6.07, 6.45) is 0.866. The number of aromatic nitrogens is 1. The maximum atomic E-state index is 14.2. The molecule has 1 aromatic heterocycles. The Labute approximate surface area is 246 Å². The van der Waals surface area contributed by atoms with Crippen LogP contribution in [0.15, 0.2) is 72.8 Å². The average Bonchev–Trinajstić information content (AvgIpc) is 3.28. The molecule has 0 radical (unpaired) electrons. The van der Waals surface area contributed by atoms with Crippen LogP contribution in [0.5, 0.6) is 5.75 Å². The van der Waals surface area contributed by atoms with Gasteiger partial charge in [-0.15, -0.1) is 0 Å². The second-order valence-electron chi connectivity index (χ2n) is 10.6. The molecule has 4 aromatic rings. The van der Waals surface area contributed by atoms with Crippen LogP contribution in [0.1, 0.15) is 44.1 Å². The van der Waals surface area contributed by atoms with Crippen molar-refractivity contribution in [1.29, 1.82) is 0 Å². The number of nitrogens with one attached hydrogen (secondary N) is 1. The van der Waals surface area contributed by atoms with Gasteiger partial charge in [-0.2, -0.15) is 0 Å². The molecule has 0 saturated carbocycles. The molecule has 8 heteroatoms. The summed E-state index contributed by atoms with van der Waals surface area (Å²) >= 11 is 6.79. The molecule has 7 nitrogen and oxygen atoms in total. The van der Waals surface area contributed by atoms with E-state index in [9.17, 15) is 9.59 Å². The molecule has 0 atom stereocenters. The van der Waals surface area contributed by atoms with E-state index in [1.54, 1.807) is 18.1 Å². The Hall–Kier alpha value is -4.07. The highest BCUT2D eigenvalue weighted by molar-refractivity contribution is 6.34. The molecular formula is C33H35ClN4O3. The predicted molar refractivity (Wildman–Crippen MR) is 164 cm³/mol. The number of carbonyl (C=O) groups is 2. The molecule has 0 aliphatic carbocycles. The zero-order valence-corrected chi connectivity index (χ0v) is 24.7. The molecule has 3 aromatic carbocycles. The molecular weight excluding hydrogens is 536 g/mol. The lowest BCUT2D eigenvalue weighted by atomic mass is 9.98. The number of benzene rings is 3. The SMILES string of the molecule is COc1cc(-c2ccccc2C)c(Cl)cc1C(=O)N1Cc2ccc(C(=O)NCCCN(C)C)n2Cc2ccccc21. The van der Waals surface area contributed by atoms with Gasteiger partial charge in [-0.25, -0.2) is 0 Å². The second kappa shape index (κ2) is 12.2. The lowest BCUT2D eigenvalue weighted by Gasteiger charge is -2.24. The Morgan fingerprint density at radius 3 is 2.49 bits per heavy atom. The first-order valence-electron chi connectivity index (χ1n) is 13.7. The summed E-state index contributed by atoms with van der Waals surface area (Å²) in [6.45, 7) is 4.30. The highest BCUT2D eigenvalue weighted by Crippen LogP contribution is 2.38. The van der Waals surface area contributed by atoms with Gasteiger partial charge in [0.2, 0.25) is 0 Å². The maximum Gasteiger partial charge on any atom is 0.267 e. The third kappa shape index (κ3) is 5.87. The van der Waals surface area contributed by atoms with Crippen LogP contribution in [0, 0.1) is 6.92 Å². The number of anilines is 1. The van der Waals surface area contributed by atoms with Crippen LogP contribution in [0.3, 0.4) is 0 Å². The van der Waals surface area contributed by atoms with E-state index in [2.05, 4.69) is 10.2 Å². The minimum absolute atomic E-state index is 0.118. The molecule has 0 bridgehead atoms. The fourth-order valence-corrected chi connectivity index (χ4v) is 5.61. The van der Waals surface area contributed by atoms with Gasteiger partial charge < -0.3 is 24.4 Å². The number of hydrogen-bond acceptors (Lipinski definition) is 4. The van der Waals surface area contributed by atoms with Gasteiger partial charge >= 0.3 is 0 Å². The number of halogens is 1. The molecule has 2 heterocycles. The number of ether oxygens (including phenoxy) is 1. The summed E-state index contributed by atoms with van der Waals surface area (Å²) in [5, 5.41) is 3.52. The van der Waals surface area contributed by atoms with E-state index in [1.807, 2.05) is 92.3 Å². The number of methoxy groups -OCH3 is 1. The van der Waals surface area contributed by atoms with Crippen molar-refractivity contribution >= 4 is 29.1 Å². The van der Waals surface area contributed by atoms with Crippen LogP contribution in [-0.4, -0.2) is 55.6 Å². The van der Waals surface area contributed by atoms with Gasteiger partial charge in [-0.05, 0) is 81.0 Å². The van der Waals surface area contributed by atoms with Gasteiger partial charge in [0.15, 0.2) is 0 Å². The largest absolute Gasteiger partial charge is 0.496 e. The number of amides is 2. The van der Waals surface area contributed by atoms with E-state index in [4.69, 9.17) is 16.3 Å². The average molecular weight is 571 g/mol. The molecule has 2 amide bonds. The van der Waals surface area contributed by atoms with E-state index in [-0.39, 0.29) is 11.8 Å². The van der Waals surface area contributed by atoms with Crippen molar-refractivity contribution in [2.75, 3.05) is 39.2 Å². The first-order chi connectivity index (χ1) is 19.8. The summed E-state index contributed by atoms with van der Waals surface area (Å²) in [6, 6.07) is 23.1. The van der Waals surface area contributed by atoms with Crippen molar-refractivity contribution in [2.45, 2.75) is 26.4 Å². The molecule has 5 rings (SSSR count). The number of hydrogen-bond donors (Lipinski definition) is 1. The summed E-state index contributed by atoms with van der Waals surface area (Å²) in [4.78, 5) is 31.2. The molecule has 1 aliphatic heterocycles. The minimum Gasteiger partial charge on any atom is -0.496 e. The third-order valence-corrected chi connectivity index (χ3v) is 7.82. The number of fused-ring (bicyclic) bond motifs is 2. The van der Waals surface area contributed by atoms with Crippen molar-refractivity contribution < 1.29 is 14.3 Å². The number of aryl methyl sites for hydroxylation is 1. The lowest BCUT2D eigenvalue weighted by Crippen LogP contribution is -2.31. The molecule has 0 fully saturated rings. The van der Waals surface area contributed by atoms with Crippen LogP contribution in [0.4, 0.5) is 5.69 Å². The molecule has 212 valence electrons. The number of nitrogens with zero attached hydrogens (tertiary/aromatic N) is 3. The van der Waals surface area contributed by atoms with Crippen molar-refractivity contribution in [1.82, 2.24) is 14.8 Å². The van der Waals surface area contributed by atoms with Crippen molar-refractivity contribution in [3.63, 3.8) is 0 Å². The Bertz CT molecular complexity index is 1590. The van der Waals surface area contributed by atoms with Crippen LogP contribution < -0.4 is 15.0 Å². The fraction of sp³-hybridized carbons (Fsp3) is 0.273. The van der Waals surface area contributed by atoms with Gasteiger partial charge in [0.25, 0.3) is 11.8 Å². The van der Waals surface area contributed by atoms with Crippen LogP contribution in [0.25, 0.3) is 11.1 Å². The highest BCUT2D eigenvalue weighted by atomic mass is 35.5. The quantitative estimate of drug-likeness (QED) is 0.263. The molecule has 1 N–H and O–H groups in total. The summed E-state index contributed by atoms with van der Waals surface area (Å²) in [5.74, 6) is 0.108. The number of rotatable bonds is 8. The van der Waals surface area contributed by atoms with E-state index in [0.717, 1.165) is 46.6 Å². The van der Waals surface area contributed by atoms with E-state index in [0.29, 0.717) is 41.7 Å².